The molecule has 14 heavy (non-hydrogen) atoms. The second kappa shape index (κ2) is 3.44. The highest BCUT2D eigenvalue weighted by Crippen LogP contribution is 2.24. The molecule has 4 nitrogen and oxygen atoms in total. The van der Waals surface area contributed by atoms with E-state index in [-0.39, 0.29) is 0 Å². The molecule has 0 aromatic carbocycles. The van der Waals surface area contributed by atoms with Gasteiger partial charge in [-0.25, -0.2) is 9.97 Å². The highest BCUT2D eigenvalue weighted by atomic mass is 15.3. The van der Waals surface area contributed by atoms with E-state index in [2.05, 4.69) is 28.7 Å². The molecule has 0 amide bonds. The first-order valence-electron chi connectivity index (χ1n) is 4.99. The lowest BCUT2D eigenvalue weighted by Crippen LogP contribution is -2.21. The predicted molar refractivity (Wildman–Crippen MR) is 57.0 cm³/mol. The Kier molecular flexibility index (Phi) is 2.27. The summed E-state index contributed by atoms with van der Waals surface area (Å²) in [7, 11) is 0. The maximum absolute atomic E-state index is 5.54. The summed E-state index contributed by atoms with van der Waals surface area (Å²) >= 11 is 0. The zero-order valence-electron chi connectivity index (χ0n) is 8.64. The van der Waals surface area contributed by atoms with E-state index in [4.69, 9.17) is 5.73 Å². The Bertz CT molecular complexity index is 298. The van der Waals surface area contributed by atoms with Gasteiger partial charge >= 0.3 is 0 Å². The lowest BCUT2D eigenvalue weighted by molar-refractivity contribution is 0.494. The van der Waals surface area contributed by atoms with Gasteiger partial charge in [-0.1, -0.05) is 13.8 Å². The van der Waals surface area contributed by atoms with Gasteiger partial charge in [0.25, 0.3) is 0 Å². The van der Waals surface area contributed by atoms with Gasteiger partial charge in [-0.15, -0.1) is 0 Å². The van der Waals surface area contributed by atoms with Crippen molar-refractivity contribution in [1.29, 1.82) is 0 Å². The Morgan fingerprint density at radius 1 is 1.21 bits per heavy atom. The summed E-state index contributed by atoms with van der Waals surface area (Å²) in [5.41, 5.74) is 6.16. The van der Waals surface area contributed by atoms with Gasteiger partial charge in [-0.05, 0) is 11.8 Å². The van der Waals surface area contributed by atoms with Gasteiger partial charge in [0, 0.05) is 13.1 Å². The SMILES string of the molecule is CC1CN(c2ncc(N)cn2)CC1C. The summed E-state index contributed by atoms with van der Waals surface area (Å²) in [5, 5.41) is 0. The fourth-order valence-corrected chi connectivity index (χ4v) is 1.79. The van der Waals surface area contributed by atoms with Gasteiger partial charge in [0.05, 0.1) is 18.1 Å². The first-order valence-corrected chi connectivity index (χ1v) is 4.99. The summed E-state index contributed by atoms with van der Waals surface area (Å²) in [6.07, 6.45) is 3.33. The second-order valence-corrected chi connectivity index (χ2v) is 4.18. The second-order valence-electron chi connectivity index (χ2n) is 4.18. The molecule has 0 radical (unpaired) electrons. The van der Waals surface area contributed by atoms with Crippen molar-refractivity contribution in [2.24, 2.45) is 11.8 Å². The van der Waals surface area contributed by atoms with Crippen molar-refractivity contribution in [2.75, 3.05) is 23.7 Å². The summed E-state index contributed by atoms with van der Waals surface area (Å²) in [5.74, 6) is 2.24. The highest BCUT2D eigenvalue weighted by Gasteiger charge is 2.27. The number of nitrogens with zero attached hydrogens (tertiary/aromatic N) is 3. The van der Waals surface area contributed by atoms with Gasteiger partial charge in [0.1, 0.15) is 0 Å². The van der Waals surface area contributed by atoms with E-state index < -0.39 is 0 Å². The van der Waals surface area contributed by atoms with Crippen molar-refractivity contribution in [2.45, 2.75) is 13.8 Å². The van der Waals surface area contributed by atoms with Gasteiger partial charge in [0.15, 0.2) is 0 Å². The average molecular weight is 192 g/mol. The minimum atomic E-state index is 0.619. The van der Waals surface area contributed by atoms with Crippen molar-refractivity contribution in [1.82, 2.24) is 9.97 Å². The maximum Gasteiger partial charge on any atom is 0.225 e. The number of anilines is 2. The summed E-state index contributed by atoms with van der Waals surface area (Å²) in [4.78, 5) is 10.7. The molecule has 76 valence electrons. The van der Waals surface area contributed by atoms with Gasteiger partial charge in [-0.3, -0.25) is 0 Å². The van der Waals surface area contributed by atoms with E-state index in [0.717, 1.165) is 30.9 Å². The van der Waals surface area contributed by atoms with E-state index in [0.29, 0.717) is 5.69 Å². The largest absolute Gasteiger partial charge is 0.396 e. The minimum absolute atomic E-state index is 0.619. The Balaban J connectivity index is 2.13. The van der Waals surface area contributed by atoms with Gasteiger partial charge in [0.2, 0.25) is 5.95 Å². The fourth-order valence-electron chi connectivity index (χ4n) is 1.79. The molecule has 1 saturated heterocycles. The number of rotatable bonds is 1. The van der Waals surface area contributed by atoms with Crippen LogP contribution in [-0.2, 0) is 0 Å². The molecule has 0 aliphatic carbocycles. The quantitative estimate of drug-likeness (QED) is 0.725. The van der Waals surface area contributed by atoms with Crippen LogP contribution in [0.3, 0.4) is 0 Å². The molecule has 2 rings (SSSR count). The third kappa shape index (κ3) is 1.64. The van der Waals surface area contributed by atoms with Crippen LogP contribution in [0.2, 0.25) is 0 Å². The minimum Gasteiger partial charge on any atom is -0.396 e. The van der Waals surface area contributed by atoms with E-state index in [1.54, 1.807) is 12.4 Å². The van der Waals surface area contributed by atoms with Crippen LogP contribution in [0.15, 0.2) is 12.4 Å². The molecule has 1 aromatic rings. The Hall–Kier alpha value is -1.32. The number of hydrogen-bond acceptors (Lipinski definition) is 4. The van der Waals surface area contributed by atoms with Crippen LogP contribution in [0.5, 0.6) is 0 Å². The monoisotopic (exact) mass is 192 g/mol. The predicted octanol–water partition coefficient (Wildman–Crippen LogP) is 1.15. The van der Waals surface area contributed by atoms with E-state index >= 15 is 0 Å². The lowest BCUT2D eigenvalue weighted by atomic mass is 10.0. The molecule has 2 unspecified atom stereocenters. The molecule has 0 saturated carbocycles. The first-order chi connectivity index (χ1) is 6.66. The topological polar surface area (TPSA) is 55.0 Å². The Morgan fingerprint density at radius 3 is 2.21 bits per heavy atom. The third-order valence-corrected chi connectivity index (χ3v) is 2.93. The van der Waals surface area contributed by atoms with Crippen molar-refractivity contribution in [3.05, 3.63) is 12.4 Å². The number of hydrogen-bond donors (Lipinski definition) is 1. The first kappa shape index (κ1) is 9.24. The summed E-state index contributed by atoms with van der Waals surface area (Å²) in [6.45, 7) is 6.63. The molecule has 2 atom stereocenters. The van der Waals surface area contributed by atoms with Crippen LogP contribution in [0.25, 0.3) is 0 Å². The molecule has 2 N–H and O–H groups in total. The van der Waals surface area contributed by atoms with Crippen LogP contribution < -0.4 is 10.6 Å². The van der Waals surface area contributed by atoms with Gasteiger partial charge in [-0.2, -0.15) is 0 Å². The zero-order valence-corrected chi connectivity index (χ0v) is 8.64. The molecular weight excluding hydrogens is 176 g/mol. The Labute approximate surface area is 84.2 Å². The molecule has 1 fully saturated rings. The smallest absolute Gasteiger partial charge is 0.225 e. The van der Waals surface area contributed by atoms with E-state index in [1.165, 1.54) is 0 Å². The Morgan fingerprint density at radius 2 is 1.71 bits per heavy atom. The molecule has 1 aliphatic rings. The molecule has 1 aromatic heterocycles. The van der Waals surface area contributed by atoms with Crippen molar-refractivity contribution in [3.8, 4) is 0 Å². The lowest BCUT2D eigenvalue weighted by Gasteiger charge is -2.15. The fraction of sp³-hybridized carbons (Fsp3) is 0.600. The van der Waals surface area contributed by atoms with Crippen molar-refractivity contribution < 1.29 is 0 Å². The van der Waals surface area contributed by atoms with E-state index in [1.807, 2.05) is 0 Å². The molecule has 0 spiro atoms. The number of aromatic nitrogens is 2. The molecule has 0 bridgehead atoms. The standard InChI is InChI=1S/C10H16N4/c1-7-5-14(6-8(7)2)10-12-3-9(11)4-13-10/h3-4,7-8H,5-6,11H2,1-2H3. The maximum atomic E-state index is 5.54. The molecular formula is C10H16N4. The summed E-state index contributed by atoms with van der Waals surface area (Å²) in [6, 6.07) is 0. The average Bonchev–Trinajstić information content (AvgIpc) is 2.48. The van der Waals surface area contributed by atoms with Crippen LogP contribution in [0.1, 0.15) is 13.8 Å². The molecule has 1 aliphatic heterocycles. The summed E-state index contributed by atoms with van der Waals surface area (Å²) < 4.78 is 0. The zero-order chi connectivity index (χ0) is 10.1. The van der Waals surface area contributed by atoms with E-state index in [9.17, 15) is 0 Å². The van der Waals surface area contributed by atoms with Crippen LogP contribution in [-0.4, -0.2) is 23.1 Å². The molecule has 2 heterocycles. The normalized spacial score (nSPS) is 26.9. The number of nitrogens with two attached hydrogens (primary N) is 1. The van der Waals surface area contributed by atoms with Crippen LogP contribution >= 0.6 is 0 Å². The van der Waals surface area contributed by atoms with Gasteiger partial charge < -0.3 is 10.6 Å². The van der Waals surface area contributed by atoms with Crippen LogP contribution in [0, 0.1) is 11.8 Å². The van der Waals surface area contributed by atoms with Crippen molar-refractivity contribution >= 4 is 11.6 Å². The molecule has 4 heteroatoms. The van der Waals surface area contributed by atoms with Crippen molar-refractivity contribution in [3.63, 3.8) is 0 Å². The van der Waals surface area contributed by atoms with Crippen LogP contribution in [0.4, 0.5) is 11.6 Å². The highest BCUT2D eigenvalue weighted by molar-refractivity contribution is 5.38. The number of nitrogen functional groups attached to an aromatic ring is 1. The third-order valence-electron chi connectivity index (χ3n) is 2.93.